The van der Waals surface area contributed by atoms with Crippen molar-refractivity contribution in [3.63, 3.8) is 0 Å². The van der Waals surface area contributed by atoms with Gasteiger partial charge in [0.25, 0.3) is 0 Å². The van der Waals surface area contributed by atoms with Crippen molar-refractivity contribution in [2.45, 2.75) is 43.2 Å². The van der Waals surface area contributed by atoms with E-state index < -0.39 is 39.8 Å². The summed E-state index contributed by atoms with van der Waals surface area (Å²) >= 11 is 0. The molecule has 2 atom stereocenters. The van der Waals surface area contributed by atoms with E-state index >= 15 is 0 Å². The summed E-state index contributed by atoms with van der Waals surface area (Å²) in [5, 5.41) is 11.2. The molecule has 0 radical (unpaired) electrons. The predicted octanol–water partition coefficient (Wildman–Crippen LogP) is 0.958. The number of rotatable bonds is 5. The number of carboxylic acids is 1. The van der Waals surface area contributed by atoms with Gasteiger partial charge >= 0.3 is 5.97 Å². The number of aliphatic carboxylic acids is 1. The lowest BCUT2D eigenvalue weighted by molar-refractivity contribution is -0.142. The van der Waals surface area contributed by atoms with Crippen LogP contribution in [0.1, 0.15) is 26.2 Å². The second-order valence-corrected chi connectivity index (χ2v) is 7.54. The smallest absolute Gasteiger partial charge is 0.325 e. The summed E-state index contributed by atoms with van der Waals surface area (Å²) in [5.74, 6) is -2.40. The number of hydrogen-bond acceptors (Lipinski definition) is 4. The Morgan fingerprint density at radius 2 is 1.92 bits per heavy atom. The van der Waals surface area contributed by atoms with Gasteiger partial charge in [-0.3, -0.25) is 9.59 Å². The first-order valence-electron chi connectivity index (χ1n) is 7.54. The van der Waals surface area contributed by atoms with Crippen LogP contribution in [-0.4, -0.2) is 48.3 Å². The first-order chi connectivity index (χ1) is 11.2. The van der Waals surface area contributed by atoms with Crippen LogP contribution in [0.3, 0.4) is 0 Å². The topological polar surface area (TPSA) is 104 Å². The monoisotopic (exact) mass is 358 g/mol. The van der Waals surface area contributed by atoms with Gasteiger partial charge in [0.1, 0.15) is 17.9 Å². The molecule has 7 nitrogen and oxygen atoms in total. The predicted molar refractivity (Wildman–Crippen MR) is 83.2 cm³/mol. The quantitative estimate of drug-likeness (QED) is 0.816. The Hall–Kier alpha value is -2.00. The highest BCUT2D eigenvalue weighted by Crippen LogP contribution is 2.25. The Balaban J connectivity index is 2.26. The molecule has 1 amide bonds. The van der Waals surface area contributed by atoms with E-state index in [4.69, 9.17) is 5.11 Å². The van der Waals surface area contributed by atoms with Gasteiger partial charge in [-0.1, -0.05) is 6.42 Å². The lowest BCUT2D eigenvalue weighted by Gasteiger charge is -2.34. The summed E-state index contributed by atoms with van der Waals surface area (Å²) < 4.78 is 39.6. The minimum absolute atomic E-state index is 0.102. The molecule has 0 unspecified atom stereocenters. The summed E-state index contributed by atoms with van der Waals surface area (Å²) in [6, 6.07) is 2.28. The van der Waals surface area contributed by atoms with Crippen LogP contribution in [0.2, 0.25) is 0 Å². The fourth-order valence-electron chi connectivity index (χ4n) is 2.57. The lowest BCUT2D eigenvalue weighted by Crippen LogP contribution is -2.54. The summed E-state index contributed by atoms with van der Waals surface area (Å²) in [6.07, 6.45) is 1.56. The van der Waals surface area contributed by atoms with E-state index in [-0.39, 0.29) is 11.4 Å². The molecule has 24 heavy (non-hydrogen) atoms. The van der Waals surface area contributed by atoms with Crippen LogP contribution in [0.15, 0.2) is 29.2 Å². The van der Waals surface area contributed by atoms with E-state index in [1.807, 2.05) is 0 Å². The van der Waals surface area contributed by atoms with E-state index in [0.29, 0.717) is 19.3 Å². The zero-order valence-corrected chi connectivity index (χ0v) is 13.9. The summed E-state index contributed by atoms with van der Waals surface area (Å²) in [5.41, 5.74) is 0. The van der Waals surface area contributed by atoms with E-state index in [9.17, 15) is 22.4 Å². The lowest BCUT2D eigenvalue weighted by atomic mass is 10.0. The SMILES string of the molecule is C[C@@H](NC(=O)[C@H]1CCCCN1S(=O)(=O)c1ccc(F)cc1)C(=O)O. The summed E-state index contributed by atoms with van der Waals surface area (Å²) in [7, 11) is -3.97. The van der Waals surface area contributed by atoms with Gasteiger partial charge in [-0.15, -0.1) is 0 Å². The van der Waals surface area contributed by atoms with Crippen LogP contribution in [0.5, 0.6) is 0 Å². The van der Waals surface area contributed by atoms with Gasteiger partial charge in [-0.25, -0.2) is 12.8 Å². The number of sulfonamides is 1. The number of carbonyl (C=O) groups excluding carboxylic acids is 1. The molecule has 9 heteroatoms. The highest BCUT2D eigenvalue weighted by Gasteiger charge is 2.38. The highest BCUT2D eigenvalue weighted by molar-refractivity contribution is 7.89. The number of amides is 1. The third-order valence-corrected chi connectivity index (χ3v) is 5.83. The molecule has 1 aliphatic rings. The molecular weight excluding hydrogens is 339 g/mol. The minimum Gasteiger partial charge on any atom is -0.480 e. The van der Waals surface area contributed by atoms with Gasteiger partial charge < -0.3 is 10.4 Å². The number of piperidine rings is 1. The van der Waals surface area contributed by atoms with Gasteiger partial charge in [-0.2, -0.15) is 4.31 Å². The number of carbonyl (C=O) groups is 2. The standard InChI is InChI=1S/C15H19FN2O5S/c1-10(15(20)21)17-14(19)13-4-2-3-9-18(13)24(22,23)12-7-5-11(16)6-8-12/h5-8,10,13H,2-4,9H2,1H3,(H,17,19)(H,20,21)/t10-,13-/m1/s1. The van der Waals surface area contributed by atoms with Crippen LogP contribution >= 0.6 is 0 Å². The van der Waals surface area contributed by atoms with Crippen molar-refractivity contribution >= 4 is 21.9 Å². The number of benzene rings is 1. The average Bonchev–Trinajstić information content (AvgIpc) is 2.55. The molecule has 2 N–H and O–H groups in total. The van der Waals surface area contributed by atoms with Gasteiger partial charge in [0.2, 0.25) is 15.9 Å². The van der Waals surface area contributed by atoms with Crippen molar-refractivity contribution < 1.29 is 27.5 Å². The van der Waals surface area contributed by atoms with Crippen molar-refractivity contribution in [2.24, 2.45) is 0 Å². The first-order valence-corrected chi connectivity index (χ1v) is 8.98. The number of nitrogens with zero attached hydrogens (tertiary/aromatic N) is 1. The Bertz CT molecular complexity index is 720. The molecule has 1 aromatic rings. The van der Waals surface area contributed by atoms with Crippen LogP contribution in [0.4, 0.5) is 4.39 Å². The van der Waals surface area contributed by atoms with Gasteiger partial charge in [0.15, 0.2) is 0 Å². The number of hydrogen-bond donors (Lipinski definition) is 2. The number of nitrogens with one attached hydrogen (secondary N) is 1. The van der Waals surface area contributed by atoms with Crippen molar-refractivity contribution in [3.05, 3.63) is 30.1 Å². The molecule has 0 bridgehead atoms. The average molecular weight is 358 g/mol. The summed E-state index contributed by atoms with van der Waals surface area (Å²) in [4.78, 5) is 23.1. The maximum absolute atomic E-state index is 13.0. The van der Waals surface area contributed by atoms with Gasteiger partial charge in [0, 0.05) is 6.54 Å². The van der Waals surface area contributed by atoms with E-state index in [1.165, 1.54) is 6.92 Å². The molecule has 2 rings (SSSR count). The largest absolute Gasteiger partial charge is 0.480 e. The molecule has 1 heterocycles. The maximum atomic E-state index is 13.0. The Labute approximate surface area is 139 Å². The van der Waals surface area contributed by atoms with Gasteiger partial charge in [-0.05, 0) is 44.0 Å². The first kappa shape index (κ1) is 18.3. The molecular formula is C15H19FN2O5S. The molecule has 1 saturated heterocycles. The molecule has 1 aromatic carbocycles. The summed E-state index contributed by atoms with van der Waals surface area (Å²) in [6.45, 7) is 1.46. The number of halogens is 1. The van der Waals surface area contributed by atoms with Gasteiger partial charge in [0.05, 0.1) is 4.90 Å². The fraction of sp³-hybridized carbons (Fsp3) is 0.467. The van der Waals surface area contributed by atoms with E-state index in [0.717, 1.165) is 28.6 Å². The molecule has 0 saturated carbocycles. The van der Waals surface area contributed by atoms with Crippen LogP contribution < -0.4 is 5.32 Å². The fourth-order valence-corrected chi connectivity index (χ4v) is 4.22. The third kappa shape index (κ3) is 3.90. The van der Waals surface area contributed by atoms with Crippen LogP contribution in [0, 0.1) is 5.82 Å². The van der Waals surface area contributed by atoms with Crippen molar-refractivity contribution in [3.8, 4) is 0 Å². The molecule has 0 aromatic heterocycles. The molecule has 0 aliphatic carbocycles. The maximum Gasteiger partial charge on any atom is 0.325 e. The molecule has 1 fully saturated rings. The zero-order valence-electron chi connectivity index (χ0n) is 13.1. The second kappa shape index (κ2) is 7.27. The van der Waals surface area contributed by atoms with Crippen LogP contribution in [0.25, 0.3) is 0 Å². The van der Waals surface area contributed by atoms with Crippen molar-refractivity contribution in [2.75, 3.05) is 6.54 Å². The van der Waals surface area contributed by atoms with Crippen LogP contribution in [-0.2, 0) is 19.6 Å². The third-order valence-electron chi connectivity index (χ3n) is 3.91. The highest BCUT2D eigenvalue weighted by atomic mass is 32.2. The molecule has 132 valence electrons. The van der Waals surface area contributed by atoms with Crippen molar-refractivity contribution in [1.82, 2.24) is 9.62 Å². The molecule has 1 aliphatic heterocycles. The van der Waals surface area contributed by atoms with E-state index in [2.05, 4.69) is 5.32 Å². The second-order valence-electron chi connectivity index (χ2n) is 5.65. The van der Waals surface area contributed by atoms with Crippen molar-refractivity contribution in [1.29, 1.82) is 0 Å². The normalized spacial score (nSPS) is 20.3. The number of carboxylic acid groups (broad SMARTS) is 1. The Morgan fingerprint density at radius 1 is 1.29 bits per heavy atom. The van der Waals surface area contributed by atoms with E-state index in [1.54, 1.807) is 0 Å². The Morgan fingerprint density at radius 3 is 2.50 bits per heavy atom. The Kier molecular flexibility index (Phi) is 5.55. The minimum atomic E-state index is -3.97. The molecule has 0 spiro atoms. The zero-order chi connectivity index (χ0) is 17.9.